The van der Waals surface area contributed by atoms with Crippen molar-refractivity contribution in [2.45, 2.75) is 72.4 Å². The Morgan fingerprint density at radius 2 is 1.89 bits per heavy atom. The molecule has 0 radical (unpaired) electrons. The van der Waals surface area contributed by atoms with E-state index in [2.05, 4.69) is 44.8 Å². The molecule has 18 heavy (non-hydrogen) atoms. The smallest absolute Gasteiger partial charge is 0.00816 e. The van der Waals surface area contributed by atoms with E-state index in [4.69, 9.17) is 0 Å². The SMILES string of the molecule is CCN1CCCC(C(C)NC(C)CCC(C)C)C1. The first-order valence-corrected chi connectivity index (χ1v) is 8.01. The summed E-state index contributed by atoms with van der Waals surface area (Å²) in [6.07, 6.45) is 5.44. The first kappa shape index (κ1) is 16.0. The lowest BCUT2D eigenvalue weighted by atomic mass is 9.90. The van der Waals surface area contributed by atoms with Crippen molar-refractivity contribution in [2.75, 3.05) is 19.6 Å². The summed E-state index contributed by atoms with van der Waals surface area (Å²) in [5, 5.41) is 3.82. The molecule has 1 heterocycles. The summed E-state index contributed by atoms with van der Waals surface area (Å²) < 4.78 is 0. The number of likely N-dealkylation sites (tertiary alicyclic amines) is 1. The first-order valence-electron chi connectivity index (χ1n) is 8.01. The second-order valence-electron chi connectivity index (χ2n) is 6.62. The van der Waals surface area contributed by atoms with Crippen LogP contribution in [0.5, 0.6) is 0 Å². The predicted octanol–water partition coefficient (Wildman–Crippen LogP) is 3.52. The van der Waals surface area contributed by atoms with Gasteiger partial charge in [-0.2, -0.15) is 0 Å². The van der Waals surface area contributed by atoms with Crippen molar-refractivity contribution in [1.82, 2.24) is 10.2 Å². The Hall–Kier alpha value is -0.0800. The van der Waals surface area contributed by atoms with Gasteiger partial charge in [-0.3, -0.25) is 0 Å². The molecule has 1 aliphatic heterocycles. The second kappa shape index (κ2) is 8.16. The third-order valence-corrected chi connectivity index (χ3v) is 4.42. The first-order chi connectivity index (χ1) is 8.52. The largest absolute Gasteiger partial charge is 0.311 e. The number of nitrogens with one attached hydrogen (secondary N) is 1. The van der Waals surface area contributed by atoms with Gasteiger partial charge in [0.05, 0.1) is 0 Å². The average molecular weight is 254 g/mol. The van der Waals surface area contributed by atoms with E-state index in [1.165, 1.54) is 45.3 Å². The van der Waals surface area contributed by atoms with Crippen LogP contribution in [-0.4, -0.2) is 36.6 Å². The van der Waals surface area contributed by atoms with E-state index < -0.39 is 0 Å². The summed E-state index contributed by atoms with van der Waals surface area (Å²) in [5.74, 6) is 1.68. The highest BCUT2D eigenvalue weighted by atomic mass is 15.1. The Morgan fingerprint density at radius 1 is 1.17 bits per heavy atom. The zero-order chi connectivity index (χ0) is 13.5. The van der Waals surface area contributed by atoms with Crippen molar-refractivity contribution in [1.29, 1.82) is 0 Å². The van der Waals surface area contributed by atoms with Gasteiger partial charge in [-0.05, 0) is 64.5 Å². The van der Waals surface area contributed by atoms with E-state index in [9.17, 15) is 0 Å². The molecule has 0 saturated carbocycles. The fourth-order valence-electron chi connectivity index (χ4n) is 3.04. The Balaban J connectivity index is 2.28. The summed E-state index contributed by atoms with van der Waals surface area (Å²) in [7, 11) is 0. The van der Waals surface area contributed by atoms with Gasteiger partial charge in [0.1, 0.15) is 0 Å². The maximum absolute atomic E-state index is 3.82. The van der Waals surface area contributed by atoms with Gasteiger partial charge in [0, 0.05) is 18.6 Å². The van der Waals surface area contributed by atoms with Gasteiger partial charge in [-0.25, -0.2) is 0 Å². The summed E-state index contributed by atoms with van der Waals surface area (Å²) in [6.45, 7) is 15.5. The molecule has 1 rings (SSSR count). The standard InChI is InChI=1S/C16H34N2/c1-6-18-11-7-8-16(12-18)15(5)17-14(4)10-9-13(2)3/h13-17H,6-12H2,1-5H3. The molecule has 0 aromatic heterocycles. The third kappa shape index (κ3) is 5.71. The number of hydrogen-bond donors (Lipinski definition) is 1. The second-order valence-corrected chi connectivity index (χ2v) is 6.62. The molecule has 0 aromatic rings. The minimum atomic E-state index is 0.666. The summed E-state index contributed by atoms with van der Waals surface area (Å²) in [5.41, 5.74) is 0. The van der Waals surface area contributed by atoms with Gasteiger partial charge in [0.15, 0.2) is 0 Å². The van der Waals surface area contributed by atoms with Gasteiger partial charge in [-0.1, -0.05) is 20.8 Å². The molecule has 2 nitrogen and oxygen atoms in total. The molecular formula is C16H34N2. The minimum Gasteiger partial charge on any atom is -0.311 e. The van der Waals surface area contributed by atoms with Crippen LogP contribution in [-0.2, 0) is 0 Å². The molecule has 1 fully saturated rings. The van der Waals surface area contributed by atoms with Crippen molar-refractivity contribution < 1.29 is 0 Å². The fraction of sp³-hybridized carbons (Fsp3) is 1.00. The van der Waals surface area contributed by atoms with Crippen molar-refractivity contribution in [3.05, 3.63) is 0 Å². The minimum absolute atomic E-state index is 0.666. The average Bonchev–Trinajstić information content (AvgIpc) is 2.36. The topological polar surface area (TPSA) is 15.3 Å². The fourth-order valence-corrected chi connectivity index (χ4v) is 3.04. The van der Waals surface area contributed by atoms with Gasteiger partial charge >= 0.3 is 0 Å². The lowest BCUT2D eigenvalue weighted by Gasteiger charge is -2.36. The van der Waals surface area contributed by atoms with E-state index in [0.717, 1.165) is 11.8 Å². The zero-order valence-electron chi connectivity index (χ0n) is 13.2. The van der Waals surface area contributed by atoms with Gasteiger partial charge in [0.25, 0.3) is 0 Å². The zero-order valence-corrected chi connectivity index (χ0v) is 13.2. The molecule has 0 bridgehead atoms. The molecule has 1 saturated heterocycles. The Kier molecular flexibility index (Phi) is 7.25. The van der Waals surface area contributed by atoms with Gasteiger partial charge in [-0.15, -0.1) is 0 Å². The molecule has 1 aliphatic rings. The molecular weight excluding hydrogens is 220 g/mol. The highest BCUT2D eigenvalue weighted by molar-refractivity contribution is 4.81. The summed E-state index contributed by atoms with van der Waals surface area (Å²) in [4.78, 5) is 2.60. The summed E-state index contributed by atoms with van der Waals surface area (Å²) >= 11 is 0. The molecule has 1 N–H and O–H groups in total. The molecule has 2 heteroatoms. The van der Waals surface area contributed by atoms with Crippen LogP contribution >= 0.6 is 0 Å². The number of piperidine rings is 1. The summed E-state index contributed by atoms with van der Waals surface area (Å²) in [6, 6.07) is 1.33. The van der Waals surface area contributed by atoms with E-state index in [1.54, 1.807) is 0 Å². The van der Waals surface area contributed by atoms with Crippen LogP contribution in [0.15, 0.2) is 0 Å². The molecule has 3 unspecified atom stereocenters. The van der Waals surface area contributed by atoms with Crippen LogP contribution in [0.3, 0.4) is 0 Å². The lowest BCUT2D eigenvalue weighted by Crippen LogP contribution is -2.46. The molecule has 108 valence electrons. The van der Waals surface area contributed by atoms with Gasteiger partial charge in [0.2, 0.25) is 0 Å². The Labute approximate surface area is 115 Å². The molecule has 3 atom stereocenters. The van der Waals surface area contributed by atoms with Gasteiger partial charge < -0.3 is 10.2 Å². The van der Waals surface area contributed by atoms with Crippen molar-refractivity contribution in [3.63, 3.8) is 0 Å². The van der Waals surface area contributed by atoms with Crippen molar-refractivity contribution in [2.24, 2.45) is 11.8 Å². The van der Waals surface area contributed by atoms with Crippen LogP contribution < -0.4 is 5.32 Å². The van der Waals surface area contributed by atoms with Crippen LogP contribution in [0.1, 0.15) is 60.3 Å². The normalized spacial score (nSPS) is 25.3. The number of hydrogen-bond acceptors (Lipinski definition) is 2. The third-order valence-electron chi connectivity index (χ3n) is 4.42. The molecule has 0 amide bonds. The molecule has 0 spiro atoms. The maximum Gasteiger partial charge on any atom is 0.00816 e. The maximum atomic E-state index is 3.82. The monoisotopic (exact) mass is 254 g/mol. The number of nitrogens with zero attached hydrogens (tertiary/aromatic N) is 1. The highest BCUT2D eigenvalue weighted by Crippen LogP contribution is 2.20. The number of rotatable bonds is 7. The van der Waals surface area contributed by atoms with Crippen molar-refractivity contribution >= 4 is 0 Å². The Bertz CT molecular complexity index is 215. The Morgan fingerprint density at radius 3 is 2.50 bits per heavy atom. The molecule has 0 aromatic carbocycles. The van der Waals surface area contributed by atoms with E-state index in [0.29, 0.717) is 12.1 Å². The van der Waals surface area contributed by atoms with E-state index in [-0.39, 0.29) is 0 Å². The van der Waals surface area contributed by atoms with E-state index >= 15 is 0 Å². The van der Waals surface area contributed by atoms with E-state index in [1.807, 2.05) is 0 Å². The van der Waals surface area contributed by atoms with Crippen LogP contribution in [0.2, 0.25) is 0 Å². The van der Waals surface area contributed by atoms with Crippen LogP contribution in [0.25, 0.3) is 0 Å². The lowest BCUT2D eigenvalue weighted by molar-refractivity contribution is 0.152. The highest BCUT2D eigenvalue weighted by Gasteiger charge is 2.24. The molecule has 0 aliphatic carbocycles. The quantitative estimate of drug-likeness (QED) is 0.748. The van der Waals surface area contributed by atoms with Crippen molar-refractivity contribution in [3.8, 4) is 0 Å². The van der Waals surface area contributed by atoms with Crippen LogP contribution in [0.4, 0.5) is 0 Å². The van der Waals surface area contributed by atoms with Crippen LogP contribution in [0, 0.1) is 11.8 Å². The predicted molar refractivity (Wildman–Crippen MR) is 81.0 cm³/mol.